The van der Waals surface area contributed by atoms with Gasteiger partial charge in [0.15, 0.2) is 0 Å². The highest BCUT2D eigenvalue weighted by atomic mass is 32.2. The molecule has 0 bridgehead atoms. The zero-order valence-corrected chi connectivity index (χ0v) is 10.7. The van der Waals surface area contributed by atoms with Gasteiger partial charge in [-0.3, -0.25) is 0 Å². The smallest absolute Gasteiger partial charge is 0.279 e. The van der Waals surface area contributed by atoms with Crippen molar-refractivity contribution >= 4 is 10.2 Å². The Bertz CT molecular complexity index is 435. The summed E-state index contributed by atoms with van der Waals surface area (Å²) in [5.41, 5.74) is 0.763. The van der Waals surface area contributed by atoms with Crippen LogP contribution in [0.4, 0.5) is 0 Å². The van der Waals surface area contributed by atoms with E-state index in [0.29, 0.717) is 19.0 Å². The molecule has 0 aliphatic carbocycles. The van der Waals surface area contributed by atoms with Crippen LogP contribution in [0, 0.1) is 5.92 Å². The molecule has 1 aromatic rings. The van der Waals surface area contributed by atoms with Gasteiger partial charge in [0.25, 0.3) is 10.2 Å². The van der Waals surface area contributed by atoms with Crippen molar-refractivity contribution in [3.63, 3.8) is 0 Å². The molecule has 96 valence electrons. The number of aromatic nitrogens is 2. The number of H-pyrrole nitrogens is 1. The van der Waals surface area contributed by atoms with Crippen LogP contribution in [-0.2, 0) is 16.8 Å². The van der Waals surface area contributed by atoms with E-state index in [-0.39, 0.29) is 6.54 Å². The van der Waals surface area contributed by atoms with Gasteiger partial charge in [0.1, 0.15) is 0 Å². The van der Waals surface area contributed by atoms with Crippen LogP contribution in [0.1, 0.15) is 25.5 Å². The molecule has 7 heteroatoms. The van der Waals surface area contributed by atoms with Gasteiger partial charge < -0.3 is 4.98 Å². The van der Waals surface area contributed by atoms with E-state index in [0.717, 1.165) is 18.5 Å². The van der Waals surface area contributed by atoms with Gasteiger partial charge >= 0.3 is 0 Å². The first-order valence-electron chi connectivity index (χ1n) is 5.80. The molecule has 1 fully saturated rings. The van der Waals surface area contributed by atoms with Crippen molar-refractivity contribution in [2.45, 2.75) is 26.3 Å². The summed E-state index contributed by atoms with van der Waals surface area (Å²) in [5.74, 6) is 0.619. The van der Waals surface area contributed by atoms with Crippen LogP contribution in [0.15, 0.2) is 12.5 Å². The summed E-state index contributed by atoms with van der Waals surface area (Å²) in [7, 11) is -3.35. The molecule has 1 aliphatic heterocycles. The van der Waals surface area contributed by atoms with Crippen molar-refractivity contribution in [1.29, 1.82) is 0 Å². The lowest BCUT2D eigenvalue weighted by Crippen LogP contribution is -2.44. The Morgan fingerprint density at radius 2 is 2.24 bits per heavy atom. The molecule has 2 heterocycles. The minimum absolute atomic E-state index is 0.258. The van der Waals surface area contributed by atoms with Gasteiger partial charge in [-0.25, -0.2) is 4.98 Å². The predicted molar refractivity (Wildman–Crippen MR) is 64.3 cm³/mol. The fourth-order valence-electron chi connectivity index (χ4n) is 1.87. The highest BCUT2D eigenvalue weighted by Gasteiger charge is 2.25. The maximum absolute atomic E-state index is 12.0. The number of hydrogen-bond donors (Lipinski definition) is 2. The molecule has 6 nitrogen and oxygen atoms in total. The molecule has 0 aromatic carbocycles. The van der Waals surface area contributed by atoms with Crippen LogP contribution >= 0.6 is 0 Å². The molecule has 0 unspecified atom stereocenters. The minimum atomic E-state index is -3.35. The van der Waals surface area contributed by atoms with Crippen LogP contribution in [0.5, 0.6) is 0 Å². The molecule has 2 N–H and O–H groups in total. The van der Waals surface area contributed by atoms with E-state index < -0.39 is 10.2 Å². The van der Waals surface area contributed by atoms with Gasteiger partial charge in [0.05, 0.1) is 12.9 Å². The van der Waals surface area contributed by atoms with E-state index in [1.165, 1.54) is 10.6 Å². The lowest BCUT2D eigenvalue weighted by atomic mass is 10.0. The molecule has 0 spiro atoms. The third-order valence-electron chi connectivity index (χ3n) is 3.08. The predicted octanol–water partition coefficient (Wildman–Crippen LogP) is 0.476. The average Bonchev–Trinajstić information content (AvgIpc) is 2.80. The number of hydrogen-bond acceptors (Lipinski definition) is 3. The van der Waals surface area contributed by atoms with Crippen molar-refractivity contribution in [2.75, 3.05) is 13.1 Å². The van der Waals surface area contributed by atoms with Gasteiger partial charge in [-0.2, -0.15) is 17.4 Å². The van der Waals surface area contributed by atoms with Crippen molar-refractivity contribution < 1.29 is 8.42 Å². The SMILES string of the molecule is CC1CCN(S(=O)(=O)NCc2cnc[nH]2)CC1. The monoisotopic (exact) mass is 258 g/mol. The van der Waals surface area contributed by atoms with E-state index in [9.17, 15) is 8.42 Å². The van der Waals surface area contributed by atoms with Gasteiger partial charge in [-0.05, 0) is 18.8 Å². The van der Waals surface area contributed by atoms with Crippen LogP contribution in [-0.4, -0.2) is 35.8 Å². The van der Waals surface area contributed by atoms with Crippen molar-refractivity contribution in [2.24, 2.45) is 5.92 Å². The van der Waals surface area contributed by atoms with Gasteiger partial charge in [-0.15, -0.1) is 0 Å². The highest BCUT2D eigenvalue weighted by molar-refractivity contribution is 7.87. The Labute approximate surface area is 102 Å². The summed E-state index contributed by atoms with van der Waals surface area (Å²) in [6.07, 6.45) is 5.02. The molecule has 1 saturated heterocycles. The largest absolute Gasteiger partial charge is 0.347 e. The normalized spacial score (nSPS) is 19.6. The fourth-order valence-corrected chi connectivity index (χ4v) is 3.08. The van der Waals surface area contributed by atoms with Crippen molar-refractivity contribution in [3.05, 3.63) is 18.2 Å². The number of imidazole rings is 1. The van der Waals surface area contributed by atoms with Crippen LogP contribution in [0.3, 0.4) is 0 Å². The fraction of sp³-hybridized carbons (Fsp3) is 0.700. The van der Waals surface area contributed by atoms with Crippen molar-refractivity contribution in [3.8, 4) is 0 Å². The van der Waals surface area contributed by atoms with Gasteiger partial charge in [0.2, 0.25) is 0 Å². The Kier molecular flexibility index (Phi) is 3.80. The summed E-state index contributed by atoms with van der Waals surface area (Å²) in [6, 6.07) is 0. The number of aromatic amines is 1. The minimum Gasteiger partial charge on any atom is -0.347 e. The lowest BCUT2D eigenvalue weighted by molar-refractivity contribution is 0.285. The Morgan fingerprint density at radius 3 is 2.82 bits per heavy atom. The molecule has 2 rings (SSSR count). The number of nitrogens with zero attached hydrogens (tertiary/aromatic N) is 2. The third-order valence-corrected chi connectivity index (χ3v) is 4.64. The Morgan fingerprint density at radius 1 is 1.53 bits per heavy atom. The summed E-state index contributed by atoms with van der Waals surface area (Å²) in [5, 5.41) is 0. The number of rotatable bonds is 4. The molecule has 17 heavy (non-hydrogen) atoms. The highest BCUT2D eigenvalue weighted by Crippen LogP contribution is 2.17. The van der Waals surface area contributed by atoms with E-state index >= 15 is 0 Å². The number of nitrogens with one attached hydrogen (secondary N) is 2. The summed E-state index contributed by atoms with van der Waals surface area (Å²) in [6.45, 7) is 3.63. The molecule has 0 radical (unpaired) electrons. The van der Waals surface area contributed by atoms with Gasteiger partial charge in [-0.1, -0.05) is 6.92 Å². The standard InChI is InChI=1S/C10H18N4O2S/c1-9-2-4-14(5-3-9)17(15,16)13-7-10-6-11-8-12-10/h6,8-9,13H,2-5,7H2,1H3,(H,11,12). The summed E-state index contributed by atoms with van der Waals surface area (Å²) < 4.78 is 28.0. The second-order valence-electron chi connectivity index (χ2n) is 4.48. The molecule has 0 amide bonds. The average molecular weight is 258 g/mol. The molecule has 1 aromatic heterocycles. The van der Waals surface area contributed by atoms with E-state index in [2.05, 4.69) is 21.6 Å². The number of piperidine rings is 1. The quantitative estimate of drug-likeness (QED) is 0.824. The molecule has 0 atom stereocenters. The Hall–Kier alpha value is -0.920. The van der Waals surface area contributed by atoms with E-state index in [1.54, 1.807) is 6.20 Å². The first kappa shape index (κ1) is 12.5. The molecule has 0 saturated carbocycles. The second kappa shape index (κ2) is 5.16. The second-order valence-corrected chi connectivity index (χ2v) is 6.24. The van der Waals surface area contributed by atoms with Crippen LogP contribution < -0.4 is 4.72 Å². The maximum Gasteiger partial charge on any atom is 0.279 e. The van der Waals surface area contributed by atoms with Crippen molar-refractivity contribution in [1.82, 2.24) is 19.0 Å². The third kappa shape index (κ3) is 3.27. The van der Waals surface area contributed by atoms with E-state index in [4.69, 9.17) is 0 Å². The van der Waals surface area contributed by atoms with Crippen LogP contribution in [0.25, 0.3) is 0 Å². The zero-order valence-electron chi connectivity index (χ0n) is 9.89. The Balaban J connectivity index is 1.90. The maximum atomic E-state index is 12.0. The lowest BCUT2D eigenvalue weighted by Gasteiger charge is -2.29. The molecular formula is C10H18N4O2S. The van der Waals surface area contributed by atoms with E-state index in [1.807, 2.05) is 0 Å². The summed E-state index contributed by atoms with van der Waals surface area (Å²) in [4.78, 5) is 6.70. The topological polar surface area (TPSA) is 78.1 Å². The molecular weight excluding hydrogens is 240 g/mol. The first-order chi connectivity index (χ1) is 8.08. The summed E-state index contributed by atoms with van der Waals surface area (Å²) >= 11 is 0. The van der Waals surface area contributed by atoms with Crippen LogP contribution in [0.2, 0.25) is 0 Å². The van der Waals surface area contributed by atoms with Gasteiger partial charge in [0, 0.05) is 25.0 Å². The first-order valence-corrected chi connectivity index (χ1v) is 7.24. The molecule has 1 aliphatic rings. The zero-order chi connectivity index (χ0) is 12.3.